The summed E-state index contributed by atoms with van der Waals surface area (Å²) in [7, 11) is 1.40. The van der Waals surface area contributed by atoms with Crippen molar-refractivity contribution in [3.8, 4) is 17.0 Å². The third-order valence-corrected chi connectivity index (χ3v) is 7.29. The smallest absolute Gasteiger partial charge is 0.338 e. The van der Waals surface area contributed by atoms with Crippen LogP contribution in [0.5, 0.6) is 5.88 Å². The largest absolute Gasteiger partial charge is 0.480 e. The molecule has 1 aromatic heterocycles. The van der Waals surface area contributed by atoms with Gasteiger partial charge in [0.25, 0.3) is 5.56 Å². The van der Waals surface area contributed by atoms with Crippen LogP contribution in [0.2, 0.25) is 5.02 Å². The lowest BCUT2D eigenvalue weighted by Gasteiger charge is -2.24. The van der Waals surface area contributed by atoms with Crippen molar-refractivity contribution >= 4 is 34.9 Å². The fourth-order valence-electron chi connectivity index (χ4n) is 4.87. The van der Waals surface area contributed by atoms with Crippen molar-refractivity contribution in [1.29, 1.82) is 0 Å². The van der Waals surface area contributed by atoms with Gasteiger partial charge in [-0.3, -0.25) is 14.4 Å². The number of allylic oxidation sites excluding steroid dienone is 4. The number of ether oxygens (including phenoxy) is 2. The zero-order valence-electron chi connectivity index (χ0n) is 25.6. The Morgan fingerprint density at radius 1 is 1.09 bits per heavy atom. The van der Waals surface area contributed by atoms with E-state index in [9.17, 15) is 19.2 Å². The molecule has 1 aliphatic rings. The average molecular weight is 618 g/mol. The molecule has 1 aliphatic carbocycles. The standard InChI is InChI=1S/C34H36ClN3O6/c1-20-7-9-22(10-8-20)17-29(31(41)36-25-14-11-23(12-15-25)33(42)44-34(3,4)5)38-30(40)19-28(32(37-38)43-6)27-18-24(35)13-16-26(27)21(2)39/h7-9,11-16,18-19,22,29H,10,17H2,1-6H3,(H,36,41). The van der Waals surface area contributed by atoms with Crippen molar-refractivity contribution in [3.63, 3.8) is 0 Å². The molecule has 44 heavy (non-hydrogen) atoms. The number of amides is 1. The normalized spacial score (nSPS) is 15.2. The van der Waals surface area contributed by atoms with E-state index in [0.29, 0.717) is 33.8 Å². The van der Waals surface area contributed by atoms with E-state index >= 15 is 0 Å². The van der Waals surface area contributed by atoms with E-state index in [0.717, 1.165) is 10.3 Å². The van der Waals surface area contributed by atoms with E-state index in [1.54, 1.807) is 63.2 Å². The highest BCUT2D eigenvalue weighted by atomic mass is 35.5. The summed E-state index contributed by atoms with van der Waals surface area (Å²) in [6.07, 6.45) is 7.07. The molecule has 230 valence electrons. The number of Topliss-reactive ketones (excluding diaryl/α,β-unsaturated/α-hetero) is 1. The maximum Gasteiger partial charge on any atom is 0.338 e. The maximum atomic E-state index is 13.8. The molecule has 2 aromatic carbocycles. The number of nitrogens with one attached hydrogen (secondary N) is 1. The van der Waals surface area contributed by atoms with Gasteiger partial charge >= 0.3 is 5.97 Å². The summed E-state index contributed by atoms with van der Waals surface area (Å²) in [6, 6.07) is 11.4. The van der Waals surface area contributed by atoms with E-state index in [4.69, 9.17) is 21.1 Å². The second kappa shape index (κ2) is 13.4. The molecule has 9 nitrogen and oxygen atoms in total. The summed E-state index contributed by atoms with van der Waals surface area (Å²) in [6.45, 7) is 8.77. The number of carbonyl (C=O) groups is 3. The number of aromatic nitrogens is 2. The maximum absolute atomic E-state index is 13.8. The van der Waals surface area contributed by atoms with Gasteiger partial charge in [-0.2, -0.15) is 0 Å². The zero-order valence-corrected chi connectivity index (χ0v) is 26.4. The van der Waals surface area contributed by atoms with E-state index in [1.165, 1.54) is 20.1 Å². The third-order valence-electron chi connectivity index (χ3n) is 7.05. The Hall–Kier alpha value is -4.50. The van der Waals surface area contributed by atoms with Crippen LogP contribution in [-0.2, 0) is 9.53 Å². The summed E-state index contributed by atoms with van der Waals surface area (Å²) in [4.78, 5) is 52.2. The molecule has 0 bridgehead atoms. The van der Waals surface area contributed by atoms with Gasteiger partial charge in [0.05, 0.1) is 18.2 Å². The van der Waals surface area contributed by atoms with Gasteiger partial charge in [0.2, 0.25) is 11.8 Å². The van der Waals surface area contributed by atoms with Crippen LogP contribution in [0, 0.1) is 5.92 Å². The molecular formula is C34H36ClN3O6. The molecule has 1 amide bonds. The van der Waals surface area contributed by atoms with Crippen molar-refractivity contribution in [1.82, 2.24) is 9.78 Å². The Labute approximate surface area is 261 Å². The summed E-state index contributed by atoms with van der Waals surface area (Å²) in [5.74, 6) is -1.13. The number of nitrogens with zero attached hydrogens (tertiary/aromatic N) is 2. The summed E-state index contributed by atoms with van der Waals surface area (Å²) < 4.78 is 12.1. The number of rotatable bonds is 9. The van der Waals surface area contributed by atoms with Crippen molar-refractivity contribution in [2.75, 3.05) is 12.4 Å². The van der Waals surface area contributed by atoms with Crippen molar-refractivity contribution in [2.24, 2.45) is 5.92 Å². The van der Waals surface area contributed by atoms with Gasteiger partial charge in [-0.15, -0.1) is 5.10 Å². The second-order valence-corrected chi connectivity index (χ2v) is 12.2. The first-order valence-electron chi connectivity index (χ1n) is 14.2. The number of ketones is 1. The predicted molar refractivity (Wildman–Crippen MR) is 170 cm³/mol. The molecule has 2 atom stereocenters. The van der Waals surface area contributed by atoms with Gasteiger partial charge in [0.1, 0.15) is 11.6 Å². The average Bonchev–Trinajstić information content (AvgIpc) is 2.96. The highest BCUT2D eigenvalue weighted by Gasteiger charge is 2.29. The first-order chi connectivity index (χ1) is 20.8. The van der Waals surface area contributed by atoms with E-state index in [1.807, 2.05) is 19.1 Å². The fraction of sp³-hybridized carbons (Fsp3) is 0.324. The van der Waals surface area contributed by atoms with Crippen LogP contribution in [-0.4, -0.2) is 40.2 Å². The quantitative estimate of drug-likeness (QED) is 0.207. The minimum atomic E-state index is -1.01. The fourth-order valence-corrected chi connectivity index (χ4v) is 5.04. The van der Waals surface area contributed by atoms with Crippen LogP contribution in [0.4, 0.5) is 5.69 Å². The number of methoxy groups -OCH3 is 1. The first kappa shape index (κ1) is 32.4. The molecule has 0 saturated heterocycles. The minimum absolute atomic E-state index is 0.0272. The Balaban J connectivity index is 1.71. The van der Waals surface area contributed by atoms with Crippen LogP contribution in [0.1, 0.15) is 74.2 Å². The lowest BCUT2D eigenvalue weighted by molar-refractivity contribution is -0.120. The molecule has 0 aliphatic heterocycles. The van der Waals surface area contributed by atoms with E-state index < -0.39 is 29.1 Å². The van der Waals surface area contributed by atoms with E-state index in [2.05, 4.69) is 16.5 Å². The zero-order chi connectivity index (χ0) is 32.2. The SMILES string of the molecule is COc1nn(C(CC2C=CC(C)=CC2)C(=O)Nc2ccc(C(=O)OC(C)(C)C)cc2)c(=O)cc1-c1cc(Cl)ccc1C(C)=O. The van der Waals surface area contributed by atoms with Crippen molar-refractivity contribution < 1.29 is 23.9 Å². The number of benzene rings is 2. The molecule has 1 N–H and O–H groups in total. The number of hydrogen-bond acceptors (Lipinski definition) is 7. The number of halogens is 1. The topological polar surface area (TPSA) is 117 Å². The van der Waals surface area contributed by atoms with Gasteiger partial charge in [-0.05, 0) is 101 Å². The highest BCUT2D eigenvalue weighted by molar-refractivity contribution is 6.31. The molecule has 1 heterocycles. The molecule has 10 heteroatoms. The lowest BCUT2D eigenvalue weighted by Crippen LogP contribution is -2.36. The van der Waals surface area contributed by atoms with Gasteiger partial charge in [0, 0.05) is 22.3 Å². The van der Waals surface area contributed by atoms with Crippen LogP contribution in [0.3, 0.4) is 0 Å². The summed E-state index contributed by atoms with van der Waals surface area (Å²) in [5.41, 5.74) is 1.74. The number of hydrogen-bond donors (Lipinski definition) is 1. The molecule has 0 fully saturated rings. The van der Waals surface area contributed by atoms with Gasteiger partial charge in [0.15, 0.2) is 5.78 Å². The van der Waals surface area contributed by atoms with Crippen molar-refractivity contribution in [3.05, 3.63) is 98.8 Å². The Bertz CT molecular complexity index is 1700. The molecule has 4 rings (SSSR count). The lowest BCUT2D eigenvalue weighted by atomic mass is 9.91. The molecule has 2 unspecified atom stereocenters. The van der Waals surface area contributed by atoms with Gasteiger partial charge in [-0.1, -0.05) is 35.4 Å². The Morgan fingerprint density at radius 2 is 1.80 bits per heavy atom. The Morgan fingerprint density at radius 3 is 2.39 bits per heavy atom. The Kier molecular flexibility index (Phi) is 9.89. The number of esters is 1. The van der Waals surface area contributed by atoms with Crippen LogP contribution in [0.15, 0.2) is 77.1 Å². The minimum Gasteiger partial charge on any atom is -0.480 e. The monoisotopic (exact) mass is 617 g/mol. The van der Waals surface area contributed by atoms with E-state index in [-0.39, 0.29) is 29.6 Å². The van der Waals surface area contributed by atoms with Crippen LogP contribution < -0.4 is 15.6 Å². The molecule has 3 aromatic rings. The van der Waals surface area contributed by atoms with Crippen LogP contribution in [0.25, 0.3) is 11.1 Å². The summed E-state index contributed by atoms with van der Waals surface area (Å²) in [5, 5.41) is 7.71. The highest BCUT2D eigenvalue weighted by Crippen LogP contribution is 2.33. The molecular weight excluding hydrogens is 582 g/mol. The van der Waals surface area contributed by atoms with Gasteiger partial charge in [-0.25, -0.2) is 9.48 Å². The second-order valence-electron chi connectivity index (χ2n) is 11.7. The molecule has 0 saturated carbocycles. The predicted octanol–water partition coefficient (Wildman–Crippen LogP) is 6.82. The molecule has 0 radical (unpaired) electrons. The first-order valence-corrected chi connectivity index (χ1v) is 14.6. The van der Waals surface area contributed by atoms with Gasteiger partial charge < -0.3 is 14.8 Å². The van der Waals surface area contributed by atoms with Crippen molar-refractivity contribution in [2.45, 2.75) is 59.1 Å². The number of carbonyl (C=O) groups excluding carboxylic acids is 3. The van der Waals surface area contributed by atoms with Crippen LogP contribution >= 0.6 is 11.6 Å². The molecule has 0 spiro atoms. The third kappa shape index (κ3) is 7.90. The number of anilines is 1. The summed E-state index contributed by atoms with van der Waals surface area (Å²) >= 11 is 6.24.